The van der Waals surface area contributed by atoms with Crippen LogP contribution in [-0.4, -0.2) is 20.4 Å². The van der Waals surface area contributed by atoms with Crippen molar-refractivity contribution in [3.63, 3.8) is 0 Å². The molecule has 116 valence electrons. The van der Waals surface area contributed by atoms with Gasteiger partial charge in [0, 0.05) is 23.5 Å². The molecule has 0 spiro atoms. The molecule has 4 nitrogen and oxygen atoms in total. The van der Waals surface area contributed by atoms with E-state index < -0.39 is 0 Å². The number of aromatic amines is 2. The smallest absolute Gasteiger partial charge is 0.0933 e. The number of aromatic nitrogens is 4. The minimum absolute atomic E-state index is 0.904. The van der Waals surface area contributed by atoms with Gasteiger partial charge < -0.3 is 0 Å². The van der Waals surface area contributed by atoms with Gasteiger partial charge in [0.25, 0.3) is 0 Å². The fraction of sp³-hybridized carbons (Fsp3) is 0. The van der Waals surface area contributed by atoms with E-state index in [4.69, 9.17) is 0 Å². The Balaban J connectivity index is 1.85. The zero-order valence-electron chi connectivity index (χ0n) is 13.0. The maximum absolute atomic E-state index is 4.38. The number of nitrogens with zero attached hydrogens (tertiary/aromatic N) is 2. The van der Waals surface area contributed by atoms with E-state index >= 15 is 0 Å². The van der Waals surface area contributed by atoms with Crippen LogP contribution in [0.15, 0.2) is 73.1 Å². The highest BCUT2D eigenvalue weighted by Crippen LogP contribution is 2.33. The number of hydrogen-bond acceptors (Lipinski definition) is 2. The predicted molar refractivity (Wildman–Crippen MR) is 97.0 cm³/mol. The van der Waals surface area contributed by atoms with Gasteiger partial charge in [-0.15, -0.1) is 0 Å². The fourth-order valence-electron chi connectivity index (χ4n) is 2.77. The number of benzene rings is 2. The summed E-state index contributed by atoms with van der Waals surface area (Å²) in [6, 6.07) is 20.4. The van der Waals surface area contributed by atoms with Crippen LogP contribution in [0.5, 0.6) is 0 Å². The molecular weight excluding hydrogens is 296 g/mol. The van der Waals surface area contributed by atoms with Crippen LogP contribution in [0.3, 0.4) is 0 Å². The monoisotopic (exact) mass is 312 g/mol. The van der Waals surface area contributed by atoms with Gasteiger partial charge >= 0.3 is 0 Å². The molecule has 2 aromatic heterocycles. The molecule has 2 N–H and O–H groups in total. The van der Waals surface area contributed by atoms with Crippen molar-refractivity contribution >= 4 is 12.2 Å². The quantitative estimate of drug-likeness (QED) is 0.539. The number of nitrogens with one attached hydrogen (secondary N) is 2. The van der Waals surface area contributed by atoms with E-state index in [1.54, 1.807) is 0 Å². The lowest BCUT2D eigenvalue weighted by molar-refractivity contribution is 1.09. The minimum atomic E-state index is 0.904. The Morgan fingerprint density at radius 3 is 2.12 bits per heavy atom. The summed E-state index contributed by atoms with van der Waals surface area (Å²) in [5, 5.41) is 14.5. The number of hydrogen-bond donors (Lipinski definition) is 2. The molecule has 2 heterocycles. The normalized spacial score (nSPS) is 11.2. The Labute approximate surface area is 139 Å². The van der Waals surface area contributed by atoms with Gasteiger partial charge in [-0.05, 0) is 23.3 Å². The second-order valence-corrected chi connectivity index (χ2v) is 5.43. The van der Waals surface area contributed by atoms with E-state index in [1.807, 2.05) is 48.8 Å². The molecule has 0 bridgehead atoms. The van der Waals surface area contributed by atoms with E-state index in [-0.39, 0.29) is 0 Å². The summed E-state index contributed by atoms with van der Waals surface area (Å²) in [6.07, 6.45) is 7.90. The second-order valence-electron chi connectivity index (χ2n) is 5.43. The largest absolute Gasteiger partial charge is 0.285 e. The molecule has 0 amide bonds. The van der Waals surface area contributed by atoms with E-state index in [9.17, 15) is 0 Å². The first-order valence-electron chi connectivity index (χ1n) is 7.78. The third kappa shape index (κ3) is 2.77. The molecule has 4 heteroatoms. The van der Waals surface area contributed by atoms with E-state index in [2.05, 4.69) is 56.8 Å². The van der Waals surface area contributed by atoms with Gasteiger partial charge in [-0.2, -0.15) is 10.2 Å². The molecule has 0 unspecified atom stereocenters. The van der Waals surface area contributed by atoms with Crippen molar-refractivity contribution in [2.45, 2.75) is 0 Å². The van der Waals surface area contributed by atoms with E-state index in [0.717, 1.165) is 33.6 Å². The first-order valence-corrected chi connectivity index (χ1v) is 7.78. The van der Waals surface area contributed by atoms with Crippen molar-refractivity contribution in [2.24, 2.45) is 0 Å². The summed E-state index contributed by atoms with van der Waals surface area (Å²) < 4.78 is 0. The van der Waals surface area contributed by atoms with Crippen LogP contribution in [0.25, 0.3) is 34.7 Å². The number of rotatable bonds is 4. The van der Waals surface area contributed by atoms with Gasteiger partial charge in [0.2, 0.25) is 0 Å². The van der Waals surface area contributed by atoms with Gasteiger partial charge in [-0.1, -0.05) is 60.7 Å². The van der Waals surface area contributed by atoms with E-state index in [1.165, 1.54) is 0 Å². The highest BCUT2D eigenvalue weighted by Gasteiger charge is 2.13. The van der Waals surface area contributed by atoms with Crippen LogP contribution >= 0.6 is 0 Å². The van der Waals surface area contributed by atoms with Crippen LogP contribution in [-0.2, 0) is 0 Å². The lowest BCUT2D eigenvalue weighted by Crippen LogP contribution is -1.90. The van der Waals surface area contributed by atoms with Gasteiger partial charge in [0.05, 0.1) is 11.4 Å². The van der Waals surface area contributed by atoms with Crippen molar-refractivity contribution < 1.29 is 0 Å². The van der Waals surface area contributed by atoms with Gasteiger partial charge in [0.15, 0.2) is 0 Å². The molecule has 2 aromatic carbocycles. The molecule has 24 heavy (non-hydrogen) atoms. The Morgan fingerprint density at radius 2 is 1.42 bits per heavy atom. The SMILES string of the molecule is C(=Cc1cccc(-c2cc[nH]n2)c1-c1cc[nH]n1)c1ccccc1. The molecule has 0 aliphatic heterocycles. The van der Waals surface area contributed by atoms with Crippen LogP contribution in [0.2, 0.25) is 0 Å². The molecule has 0 saturated carbocycles. The summed E-state index contributed by atoms with van der Waals surface area (Å²) >= 11 is 0. The molecule has 0 fully saturated rings. The van der Waals surface area contributed by atoms with Crippen molar-refractivity contribution in [3.8, 4) is 22.5 Å². The topological polar surface area (TPSA) is 57.4 Å². The lowest BCUT2D eigenvalue weighted by Gasteiger charge is -2.09. The third-order valence-corrected chi connectivity index (χ3v) is 3.89. The first kappa shape index (κ1) is 14.2. The summed E-state index contributed by atoms with van der Waals surface area (Å²) in [7, 11) is 0. The maximum atomic E-state index is 4.38. The van der Waals surface area contributed by atoms with Crippen LogP contribution in [0.4, 0.5) is 0 Å². The highest BCUT2D eigenvalue weighted by molar-refractivity contribution is 5.89. The summed E-state index contributed by atoms with van der Waals surface area (Å²) in [6.45, 7) is 0. The standard InChI is InChI=1S/C20H16N4/c1-2-5-15(6-3-1)9-10-16-7-4-8-17(18-11-13-21-23-18)20(16)19-12-14-22-24-19/h1-14H,(H,21,23)(H,22,24). The molecular formula is C20H16N4. The zero-order chi connectivity index (χ0) is 16.2. The molecule has 0 radical (unpaired) electrons. The van der Waals surface area contributed by atoms with Crippen LogP contribution in [0, 0.1) is 0 Å². The molecule has 0 saturated heterocycles. The van der Waals surface area contributed by atoms with Crippen molar-refractivity contribution in [1.29, 1.82) is 0 Å². The van der Waals surface area contributed by atoms with Gasteiger partial charge in [-0.3, -0.25) is 10.2 Å². The second kappa shape index (κ2) is 6.38. The first-order chi connectivity index (χ1) is 11.9. The minimum Gasteiger partial charge on any atom is -0.285 e. The average Bonchev–Trinajstić information content (AvgIpc) is 3.34. The molecule has 0 atom stereocenters. The van der Waals surface area contributed by atoms with Gasteiger partial charge in [-0.25, -0.2) is 0 Å². The van der Waals surface area contributed by atoms with Crippen molar-refractivity contribution in [1.82, 2.24) is 20.4 Å². The molecule has 0 aliphatic rings. The highest BCUT2D eigenvalue weighted by atomic mass is 15.1. The molecule has 4 aromatic rings. The Bertz CT molecular complexity index is 937. The molecule has 4 rings (SSSR count). The maximum Gasteiger partial charge on any atom is 0.0933 e. The summed E-state index contributed by atoms with van der Waals surface area (Å²) in [5.74, 6) is 0. The number of H-pyrrole nitrogens is 2. The molecule has 0 aliphatic carbocycles. The zero-order valence-corrected chi connectivity index (χ0v) is 13.0. The van der Waals surface area contributed by atoms with Crippen molar-refractivity contribution in [2.75, 3.05) is 0 Å². The van der Waals surface area contributed by atoms with Gasteiger partial charge in [0.1, 0.15) is 0 Å². The van der Waals surface area contributed by atoms with E-state index in [0.29, 0.717) is 0 Å². The van der Waals surface area contributed by atoms with Crippen LogP contribution in [0.1, 0.15) is 11.1 Å². The Morgan fingerprint density at radius 1 is 0.667 bits per heavy atom. The fourth-order valence-corrected chi connectivity index (χ4v) is 2.77. The van der Waals surface area contributed by atoms with Crippen molar-refractivity contribution in [3.05, 3.63) is 84.2 Å². The summed E-state index contributed by atoms with van der Waals surface area (Å²) in [5.41, 5.74) is 6.20. The lowest BCUT2D eigenvalue weighted by atomic mass is 9.95. The third-order valence-electron chi connectivity index (χ3n) is 3.89. The van der Waals surface area contributed by atoms with Crippen LogP contribution < -0.4 is 0 Å². The Hall–Kier alpha value is -3.40. The Kier molecular flexibility index (Phi) is 3.78. The summed E-state index contributed by atoms with van der Waals surface area (Å²) in [4.78, 5) is 0. The average molecular weight is 312 g/mol. The predicted octanol–water partition coefficient (Wildman–Crippen LogP) is 4.64.